The van der Waals surface area contributed by atoms with E-state index in [4.69, 9.17) is 22.1 Å². The Bertz CT molecular complexity index is 770. The maximum atomic E-state index is 14.3. The molecule has 1 aliphatic carbocycles. The van der Waals surface area contributed by atoms with Gasteiger partial charge in [0.15, 0.2) is 0 Å². The van der Waals surface area contributed by atoms with Gasteiger partial charge < -0.3 is 10.5 Å². The van der Waals surface area contributed by atoms with Gasteiger partial charge in [-0.05, 0) is 66.8 Å². The molecule has 3 nitrogen and oxygen atoms in total. The third-order valence-electron chi connectivity index (χ3n) is 5.43. The summed E-state index contributed by atoms with van der Waals surface area (Å²) in [5, 5.41) is 0.635. The lowest BCUT2D eigenvalue weighted by atomic mass is 9.71. The highest BCUT2D eigenvalue weighted by Gasteiger charge is 2.33. The fourth-order valence-electron chi connectivity index (χ4n) is 4.07. The highest BCUT2D eigenvalue weighted by atomic mass is 35.5. The zero-order valence-electron chi connectivity index (χ0n) is 14.8. The van der Waals surface area contributed by atoms with E-state index in [2.05, 4.69) is 0 Å². The van der Waals surface area contributed by atoms with Gasteiger partial charge in [-0.3, -0.25) is 4.79 Å². The van der Waals surface area contributed by atoms with Crippen LogP contribution in [0, 0.1) is 11.7 Å². The summed E-state index contributed by atoms with van der Waals surface area (Å²) in [6, 6.07) is 12.3. The van der Waals surface area contributed by atoms with Crippen LogP contribution in [0.3, 0.4) is 0 Å². The van der Waals surface area contributed by atoms with Crippen LogP contribution in [0.1, 0.15) is 48.6 Å². The van der Waals surface area contributed by atoms with Crippen molar-refractivity contribution in [1.82, 2.24) is 0 Å². The van der Waals surface area contributed by atoms with Crippen molar-refractivity contribution in [3.8, 4) is 5.75 Å². The number of nitrogens with two attached hydrogens (primary N) is 1. The topological polar surface area (TPSA) is 52.3 Å². The molecule has 0 aromatic heterocycles. The number of methoxy groups -OCH3 is 1. The molecule has 1 atom stereocenters. The minimum absolute atomic E-state index is 0.163. The van der Waals surface area contributed by atoms with Gasteiger partial charge in [0, 0.05) is 11.1 Å². The normalized spacial score (nSPS) is 21.2. The SMILES string of the molecule is COc1ccc(C2CCC(C(C(N)=O)c3ccc(Cl)cc3)CC2)c(F)c1. The van der Waals surface area contributed by atoms with Crippen LogP contribution in [0.5, 0.6) is 5.75 Å². The Balaban J connectivity index is 1.72. The molecule has 138 valence electrons. The van der Waals surface area contributed by atoms with Gasteiger partial charge in [-0.1, -0.05) is 29.8 Å². The predicted molar refractivity (Wildman–Crippen MR) is 101 cm³/mol. The highest BCUT2D eigenvalue weighted by Crippen LogP contribution is 2.42. The van der Waals surface area contributed by atoms with Crippen LogP contribution >= 0.6 is 11.6 Å². The summed E-state index contributed by atoms with van der Waals surface area (Å²) in [7, 11) is 1.53. The van der Waals surface area contributed by atoms with Crippen molar-refractivity contribution >= 4 is 17.5 Å². The van der Waals surface area contributed by atoms with Crippen molar-refractivity contribution in [3.63, 3.8) is 0 Å². The lowest BCUT2D eigenvalue weighted by molar-refractivity contribution is -0.120. The number of rotatable bonds is 5. The van der Waals surface area contributed by atoms with Gasteiger partial charge in [-0.25, -0.2) is 4.39 Å². The molecule has 0 heterocycles. The minimum atomic E-state index is -0.325. The summed E-state index contributed by atoms with van der Waals surface area (Å²) >= 11 is 5.94. The van der Waals surface area contributed by atoms with Crippen molar-refractivity contribution in [2.24, 2.45) is 11.7 Å². The largest absolute Gasteiger partial charge is 0.497 e. The Morgan fingerprint density at radius 1 is 1.15 bits per heavy atom. The Kier molecular flexibility index (Phi) is 5.82. The average Bonchev–Trinajstić information content (AvgIpc) is 2.64. The molecule has 1 saturated carbocycles. The molecule has 3 rings (SSSR count). The van der Waals surface area contributed by atoms with Crippen LogP contribution in [-0.4, -0.2) is 13.0 Å². The number of carbonyl (C=O) groups is 1. The zero-order valence-corrected chi connectivity index (χ0v) is 15.5. The quantitative estimate of drug-likeness (QED) is 0.796. The lowest BCUT2D eigenvalue weighted by Gasteiger charge is -2.33. The van der Waals surface area contributed by atoms with Crippen molar-refractivity contribution in [2.75, 3.05) is 7.11 Å². The molecular weight excluding hydrogens is 353 g/mol. The number of hydrogen-bond acceptors (Lipinski definition) is 2. The standard InChI is InChI=1S/C21H23ClFNO2/c1-26-17-10-11-18(19(23)12-17)13-2-4-14(5-3-13)20(21(24)25)15-6-8-16(22)9-7-15/h6-14,20H,2-5H2,1H3,(H2,24,25). The van der Waals surface area contributed by atoms with E-state index in [1.54, 1.807) is 18.2 Å². The van der Waals surface area contributed by atoms with Crippen LogP contribution < -0.4 is 10.5 Å². The van der Waals surface area contributed by atoms with Gasteiger partial charge >= 0.3 is 0 Å². The fourth-order valence-corrected chi connectivity index (χ4v) is 4.19. The second-order valence-corrected chi connectivity index (χ2v) is 7.37. The lowest BCUT2D eigenvalue weighted by Crippen LogP contribution is -2.30. The predicted octanol–water partition coefficient (Wildman–Crippen LogP) is 5.03. The molecule has 1 amide bonds. The molecule has 5 heteroatoms. The number of halogens is 2. The number of amides is 1. The Morgan fingerprint density at radius 3 is 2.35 bits per heavy atom. The van der Waals surface area contributed by atoms with E-state index in [-0.39, 0.29) is 29.5 Å². The summed E-state index contributed by atoms with van der Waals surface area (Å²) in [4.78, 5) is 12.1. The Morgan fingerprint density at radius 2 is 1.81 bits per heavy atom. The van der Waals surface area contributed by atoms with Crippen molar-refractivity contribution in [3.05, 3.63) is 64.4 Å². The molecule has 0 spiro atoms. The number of ether oxygens (including phenoxy) is 1. The molecule has 0 radical (unpaired) electrons. The smallest absolute Gasteiger partial charge is 0.225 e. The van der Waals surface area contributed by atoms with Gasteiger partial charge in [0.1, 0.15) is 11.6 Å². The number of primary amides is 1. The van der Waals surface area contributed by atoms with Crippen molar-refractivity contribution in [2.45, 2.75) is 37.5 Å². The van der Waals surface area contributed by atoms with Crippen LogP contribution in [0.15, 0.2) is 42.5 Å². The van der Waals surface area contributed by atoms with Crippen molar-refractivity contribution in [1.29, 1.82) is 0 Å². The molecule has 2 N–H and O–H groups in total. The van der Waals surface area contributed by atoms with E-state index in [9.17, 15) is 9.18 Å². The highest BCUT2D eigenvalue weighted by molar-refractivity contribution is 6.30. The first kappa shape index (κ1) is 18.7. The molecule has 1 fully saturated rings. The minimum Gasteiger partial charge on any atom is -0.497 e. The van der Waals surface area contributed by atoms with E-state index >= 15 is 0 Å². The summed E-state index contributed by atoms with van der Waals surface area (Å²) in [5.74, 6) is -0.00381. The average molecular weight is 376 g/mol. The summed E-state index contributed by atoms with van der Waals surface area (Å²) in [5.41, 5.74) is 7.33. The first-order chi connectivity index (χ1) is 12.5. The third-order valence-corrected chi connectivity index (χ3v) is 5.68. The second kappa shape index (κ2) is 8.09. The van der Waals surface area contributed by atoms with Crippen LogP contribution in [0.4, 0.5) is 4.39 Å². The monoisotopic (exact) mass is 375 g/mol. The first-order valence-electron chi connectivity index (χ1n) is 8.87. The van der Waals surface area contributed by atoms with Gasteiger partial charge in [0.05, 0.1) is 13.0 Å². The van der Waals surface area contributed by atoms with Gasteiger partial charge in [0.25, 0.3) is 0 Å². The van der Waals surface area contributed by atoms with Gasteiger partial charge in [-0.15, -0.1) is 0 Å². The third kappa shape index (κ3) is 4.01. The van der Waals surface area contributed by atoms with Crippen LogP contribution in [0.2, 0.25) is 5.02 Å². The molecule has 26 heavy (non-hydrogen) atoms. The fraction of sp³-hybridized carbons (Fsp3) is 0.381. The van der Waals surface area contributed by atoms with Crippen molar-refractivity contribution < 1.29 is 13.9 Å². The summed E-state index contributed by atoms with van der Waals surface area (Å²) < 4.78 is 19.4. The summed E-state index contributed by atoms with van der Waals surface area (Å²) in [6.07, 6.45) is 3.36. The Labute approximate surface area is 158 Å². The molecular formula is C21H23ClFNO2. The van der Waals surface area contributed by atoms with E-state index in [1.165, 1.54) is 13.2 Å². The van der Waals surface area contributed by atoms with E-state index in [0.717, 1.165) is 36.8 Å². The maximum absolute atomic E-state index is 14.3. The number of benzene rings is 2. The number of hydrogen-bond donors (Lipinski definition) is 1. The van der Waals surface area contributed by atoms with E-state index < -0.39 is 0 Å². The maximum Gasteiger partial charge on any atom is 0.225 e. The number of carbonyl (C=O) groups excluding carboxylic acids is 1. The van der Waals surface area contributed by atoms with E-state index in [0.29, 0.717) is 10.8 Å². The molecule has 0 aliphatic heterocycles. The zero-order chi connectivity index (χ0) is 18.7. The summed E-state index contributed by atoms with van der Waals surface area (Å²) in [6.45, 7) is 0. The molecule has 1 aliphatic rings. The van der Waals surface area contributed by atoms with Crippen LogP contribution in [-0.2, 0) is 4.79 Å². The van der Waals surface area contributed by atoms with E-state index in [1.807, 2.05) is 18.2 Å². The first-order valence-corrected chi connectivity index (χ1v) is 9.25. The van der Waals surface area contributed by atoms with Crippen LogP contribution in [0.25, 0.3) is 0 Å². The molecule has 1 unspecified atom stereocenters. The van der Waals surface area contributed by atoms with Gasteiger partial charge in [-0.2, -0.15) is 0 Å². The molecule has 2 aromatic rings. The van der Waals surface area contributed by atoms with Gasteiger partial charge in [0.2, 0.25) is 5.91 Å². The second-order valence-electron chi connectivity index (χ2n) is 6.93. The molecule has 0 saturated heterocycles. The molecule has 0 bridgehead atoms. The molecule has 2 aromatic carbocycles. The Hall–Kier alpha value is -2.07.